The molecule has 6 heteroatoms. The van der Waals surface area contributed by atoms with E-state index < -0.39 is 23.7 Å². The summed E-state index contributed by atoms with van der Waals surface area (Å²) >= 11 is 0. The zero-order valence-corrected chi connectivity index (χ0v) is 12.5. The van der Waals surface area contributed by atoms with E-state index >= 15 is 0 Å². The monoisotopic (exact) mass is 316 g/mol. The van der Waals surface area contributed by atoms with Gasteiger partial charge in [0.15, 0.2) is 0 Å². The Morgan fingerprint density at radius 2 is 1.83 bits per heavy atom. The first-order valence-electron chi connectivity index (χ1n) is 7.05. The number of aliphatic hydroxyl groups excluding tert-OH is 1. The summed E-state index contributed by atoms with van der Waals surface area (Å²) in [4.78, 5) is 23.5. The molecule has 0 aliphatic rings. The van der Waals surface area contributed by atoms with Gasteiger partial charge in [-0.15, -0.1) is 0 Å². The van der Waals surface area contributed by atoms with Crippen LogP contribution in [0.25, 0.3) is 0 Å². The number of carbonyl (C=O) groups excluding carboxylic acids is 2. The Hall–Kier alpha value is -2.73. The van der Waals surface area contributed by atoms with E-state index in [0.717, 1.165) is 5.56 Å². The fraction of sp³-hybridized carbons (Fsp3) is 0.176. The molecule has 0 aromatic heterocycles. The lowest BCUT2D eigenvalue weighted by Gasteiger charge is -2.12. The van der Waals surface area contributed by atoms with Crippen molar-refractivity contribution in [3.05, 3.63) is 65.5 Å². The van der Waals surface area contributed by atoms with Crippen LogP contribution in [0.3, 0.4) is 0 Å². The first kappa shape index (κ1) is 16.6. The zero-order valence-electron chi connectivity index (χ0n) is 12.5. The van der Waals surface area contributed by atoms with E-state index in [2.05, 4.69) is 10.6 Å². The van der Waals surface area contributed by atoms with E-state index in [1.807, 2.05) is 13.0 Å². The molecule has 0 spiro atoms. The molecular formula is C17H17FN2O3. The summed E-state index contributed by atoms with van der Waals surface area (Å²) in [5.41, 5.74) is 1.92. The highest BCUT2D eigenvalue weighted by Gasteiger charge is 2.16. The maximum absolute atomic E-state index is 12.8. The molecular weight excluding hydrogens is 299 g/mol. The summed E-state index contributed by atoms with van der Waals surface area (Å²) in [6.07, 6.45) is -1.02. The fourth-order valence-electron chi connectivity index (χ4n) is 1.98. The minimum atomic E-state index is -1.02. The van der Waals surface area contributed by atoms with Crippen molar-refractivity contribution in [2.45, 2.75) is 13.0 Å². The second kappa shape index (κ2) is 7.51. The molecule has 3 N–H and O–H groups in total. The number of rotatable bonds is 4. The number of hydrogen-bond donors (Lipinski definition) is 3. The maximum Gasteiger partial charge on any atom is 0.313 e. The number of anilines is 1. The first-order valence-corrected chi connectivity index (χ1v) is 7.05. The normalized spacial score (nSPS) is 11.6. The van der Waals surface area contributed by atoms with E-state index in [9.17, 15) is 19.1 Å². The molecule has 1 unspecified atom stereocenters. The second-order valence-electron chi connectivity index (χ2n) is 5.10. The van der Waals surface area contributed by atoms with Gasteiger partial charge in [0, 0.05) is 12.2 Å². The van der Waals surface area contributed by atoms with Gasteiger partial charge in [0.25, 0.3) is 0 Å². The number of aryl methyl sites for hydroxylation is 1. The molecule has 23 heavy (non-hydrogen) atoms. The van der Waals surface area contributed by atoms with Crippen molar-refractivity contribution in [2.24, 2.45) is 0 Å². The Labute approximate surface area is 133 Å². The first-order chi connectivity index (χ1) is 11.0. The number of nitrogens with one attached hydrogen (secondary N) is 2. The van der Waals surface area contributed by atoms with Crippen molar-refractivity contribution in [1.29, 1.82) is 0 Å². The molecule has 2 rings (SSSR count). The van der Waals surface area contributed by atoms with Crippen LogP contribution >= 0.6 is 0 Å². The molecule has 0 radical (unpaired) electrons. The van der Waals surface area contributed by atoms with Crippen molar-refractivity contribution >= 4 is 17.5 Å². The molecule has 0 bridgehead atoms. The van der Waals surface area contributed by atoms with E-state index in [0.29, 0.717) is 11.3 Å². The van der Waals surface area contributed by atoms with E-state index in [-0.39, 0.29) is 6.54 Å². The van der Waals surface area contributed by atoms with Crippen LogP contribution < -0.4 is 10.6 Å². The molecule has 2 aromatic carbocycles. The molecule has 0 fully saturated rings. The largest absolute Gasteiger partial charge is 0.387 e. The molecule has 0 aliphatic carbocycles. The number of benzene rings is 2. The van der Waals surface area contributed by atoms with Crippen LogP contribution in [-0.2, 0) is 9.59 Å². The van der Waals surface area contributed by atoms with Crippen LogP contribution in [0.5, 0.6) is 0 Å². The number of hydrogen-bond acceptors (Lipinski definition) is 3. The number of amides is 2. The Morgan fingerprint density at radius 1 is 1.13 bits per heavy atom. The van der Waals surface area contributed by atoms with Gasteiger partial charge in [-0.1, -0.05) is 24.3 Å². The number of aliphatic hydroxyl groups is 1. The Kier molecular flexibility index (Phi) is 5.43. The highest BCUT2D eigenvalue weighted by Crippen LogP contribution is 2.12. The fourth-order valence-corrected chi connectivity index (χ4v) is 1.98. The molecule has 120 valence electrons. The van der Waals surface area contributed by atoms with Gasteiger partial charge in [0.2, 0.25) is 0 Å². The summed E-state index contributed by atoms with van der Waals surface area (Å²) in [5, 5.41) is 14.7. The number of halogens is 1. The van der Waals surface area contributed by atoms with E-state index in [4.69, 9.17) is 0 Å². The predicted molar refractivity (Wildman–Crippen MR) is 84.2 cm³/mol. The Bertz CT molecular complexity index is 701. The van der Waals surface area contributed by atoms with Gasteiger partial charge in [-0.05, 0) is 42.3 Å². The standard InChI is InChI=1S/C17H17FN2O3/c1-11-3-2-4-14(9-11)20-17(23)16(22)19-10-15(21)12-5-7-13(18)8-6-12/h2-9,15,21H,10H2,1H3,(H,19,22)(H,20,23). The van der Waals surface area contributed by atoms with Gasteiger partial charge in [0.05, 0.1) is 6.10 Å². The molecule has 0 heterocycles. The average molecular weight is 316 g/mol. The van der Waals surface area contributed by atoms with Crippen LogP contribution in [0.4, 0.5) is 10.1 Å². The quantitative estimate of drug-likeness (QED) is 0.754. The second-order valence-corrected chi connectivity index (χ2v) is 5.10. The summed E-state index contributed by atoms with van der Waals surface area (Å²) < 4.78 is 12.8. The van der Waals surface area contributed by atoms with Gasteiger partial charge in [-0.2, -0.15) is 0 Å². The molecule has 0 aliphatic heterocycles. The van der Waals surface area contributed by atoms with Crippen molar-refractivity contribution in [3.8, 4) is 0 Å². The van der Waals surface area contributed by atoms with Crippen molar-refractivity contribution in [1.82, 2.24) is 5.32 Å². The van der Waals surface area contributed by atoms with Crippen LogP contribution in [0.1, 0.15) is 17.2 Å². The Balaban J connectivity index is 1.86. The molecule has 0 saturated heterocycles. The molecule has 2 aromatic rings. The predicted octanol–water partition coefficient (Wildman–Crippen LogP) is 1.92. The van der Waals surface area contributed by atoms with E-state index in [1.54, 1.807) is 18.2 Å². The highest BCUT2D eigenvalue weighted by molar-refractivity contribution is 6.39. The van der Waals surface area contributed by atoms with Crippen molar-refractivity contribution in [2.75, 3.05) is 11.9 Å². The topological polar surface area (TPSA) is 78.4 Å². The molecule has 2 amide bonds. The van der Waals surface area contributed by atoms with Crippen LogP contribution in [0.2, 0.25) is 0 Å². The van der Waals surface area contributed by atoms with Gasteiger partial charge in [-0.3, -0.25) is 9.59 Å². The van der Waals surface area contributed by atoms with Crippen molar-refractivity contribution in [3.63, 3.8) is 0 Å². The lowest BCUT2D eigenvalue weighted by Crippen LogP contribution is -2.37. The third-order valence-electron chi connectivity index (χ3n) is 3.19. The smallest absolute Gasteiger partial charge is 0.313 e. The van der Waals surface area contributed by atoms with Crippen molar-refractivity contribution < 1.29 is 19.1 Å². The van der Waals surface area contributed by atoms with Crippen LogP contribution in [0, 0.1) is 12.7 Å². The van der Waals surface area contributed by atoms with Crippen LogP contribution in [0.15, 0.2) is 48.5 Å². The zero-order chi connectivity index (χ0) is 16.8. The summed E-state index contributed by atoms with van der Waals surface area (Å²) in [6.45, 7) is 1.72. The van der Waals surface area contributed by atoms with Gasteiger partial charge >= 0.3 is 11.8 Å². The van der Waals surface area contributed by atoms with Gasteiger partial charge < -0.3 is 15.7 Å². The third-order valence-corrected chi connectivity index (χ3v) is 3.19. The van der Waals surface area contributed by atoms with Gasteiger partial charge in [0.1, 0.15) is 5.82 Å². The third kappa shape index (κ3) is 4.89. The summed E-state index contributed by atoms with van der Waals surface area (Å²) in [5.74, 6) is -2.09. The Morgan fingerprint density at radius 3 is 2.48 bits per heavy atom. The SMILES string of the molecule is Cc1cccc(NC(=O)C(=O)NCC(O)c2ccc(F)cc2)c1. The molecule has 5 nitrogen and oxygen atoms in total. The minimum Gasteiger partial charge on any atom is -0.387 e. The lowest BCUT2D eigenvalue weighted by atomic mass is 10.1. The maximum atomic E-state index is 12.8. The lowest BCUT2D eigenvalue weighted by molar-refractivity contribution is -0.136. The average Bonchev–Trinajstić information content (AvgIpc) is 2.53. The molecule has 0 saturated carbocycles. The molecule has 1 atom stereocenters. The van der Waals surface area contributed by atoms with E-state index in [1.165, 1.54) is 24.3 Å². The highest BCUT2D eigenvalue weighted by atomic mass is 19.1. The minimum absolute atomic E-state index is 0.147. The van der Waals surface area contributed by atoms with Gasteiger partial charge in [-0.25, -0.2) is 4.39 Å². The van der Waals surface area contributed by atoms with Crippen LogP contribution in [-0.4, -0.2) is 23.5 Å². The summed E-state index contributed by atoms with van der Waals surface area (Å²) in [6, 6.07) is 12.3. The number of carbonyl (C=O) groups is 2. The summed E-state index contributed by atoms with van der Waals surface area (Å²) in [7, 11) is 0.